The van der Waals surface area contributed by atoms with Crippen molar-refractivity contribution < 1.29 is 37.3 Å². The second kappa shape index (κ2) is 17.0. The van der Waals surface area contributed by atoms with Gasteiger partial charge >= 0.3 is 12.3 Å². The van der Waals surface area contributed by atoms with Crippen LogP contribution in [0.3, 0.4) is 0 Å². The SMILES string of the molecule is COCCOc1ccccc1Cc1cc(OC2CCN(C3CCNCC3)CC2)cc2nc(C)nc(N[C@H](C)c3cc(NC(=O)O)cc(C(F)(F)F)c3)c12. The maximum Gasteiger partial charge on any atom is 0.416 e. The predicted octanol–water partition coefficient (Wildman–Crippen LogP) is 7.43. The van der Waals surface area contributed by atoms with E-state index in [-0.39, 0.29) is 17.4 Å². The number of hydrogen-bond donors (Lipinski definition) is 4. The first-order chi connectivity index (χ1) is 25.5. The highest BCUT2D eigenvalue weighted by molar-refractivity contribution is 5.94. The van der Waals surface area contributed by atoms with E-state index in [0.29, 0.717) is 59.7 Å². The minimum Gasteiger partial charge on any atom is -0.491 e. The van der Waals surface area contributed by atoms with Crippen LogP contribution in [0.15, 0.2) is 54.6 Å². The maximum absolute atomic E-state index is 13.9. The lowest BCUT2D eigenvalue weighted by Gasteiger charge is -2.39. The van der Waals surface area contributed by atoms with Crippen LogP contribution in [0.4, 0.5) is 29.5 Å². The molecule has 1 aromatic heterocycles. The summed E-state index contributed by atoms with van der Waals surface area (Å²) in [5, 5.41) is 18.8. The van der Waals surface area contributed by atoms with Crippen LogP contribution in [-0.4, -0.2) is 84.7 Å². The lowest BCUT2D eigenvalue weighted by molar-refractivity contribution is -0.137. The minimum absolute atomic E-state index is 0.0398. The van der Waals surface area contributed by atoms with Gasteiger partial charge in [0.2, 0.25) is 0 Å². The van der Waals surface area contributed by atoms with Gasteiger partial charge in [0.1, 0.15) is 35.9 Å². The number of rotatable bonds is 13. The van der Waals surface area contributed by atoms with Crippen molar-refractivity contribution in [3.63, 3.8) is 0 Å². The Morgan fingerprint density at radius 1 is 1.02 bits per heavy atom. The van der Waals surface area contributed by atoms with Crippen LogP contribution in [-0.2, 0) is 17.3 Å². The molecule has 3 heterocycles. The molecule has 4 N–H and O–H groups in total. The van der Waals surface area contributed by atoms with Crippen LogP contribution < -0.4 is 25.4 Å². The summed E-state index contributed by atoms with van der Waals surface area (Å²) in [6.07, 6.45) is -1.53. The summed E-state index contributed by atoms with van der Waals surface area (Å²) in [5.74, 6) is 2.28. The third kappa shape index (κ3) is 9.86. The molecular formula is C39H47F3N6O5. The van der Waals surface area contributed by atoms with Gasteiger partial charge in [0.05, 0.1) is 23.7 Å². The van der Waals surface area contributed by atoms with Crippen molar-refractivity contribution in [1.29, 1.82) is 0 Å². The highest BCUT2D eigenvalue weighted by Crippen LogP contribution is 2.37. The number of aromatic nitrogens is 2. The molecule has 14 heteroatoms. The van der Waals surface area contributed by atoms with E-state index in [4.69, 9.17) is 24.2 Å². The number of methoxy groups -OCH3 is 1. The van der Waals surface area contributed by atoms with Crippen molar-refractivity contribution in [3.05, 3.63) is 82.7 Å². The van der Waals surface area contributed by atoms with Crippen molar-refractivity contribution in [2.24, 2.45) is 0 Å². The molecule has 0 unspecified atom stereocenters. The van der Waals surface area contributed by atoms with Gasteiger partial charge in [-0.05, 0) is 99.6 Å². The lowest BCUT2D eigenvalue weighted by Crippen LogP contribution is -2.48. The number of ether oxygens (including phenoxy) is 3. The van der Waals surface area contributed by atoms with Crippen molar-refractivity contribution in [2.45, 2.75) is 70.3 Å². The number of aryl methyl sites for hydroxylation is 1. The summed E-state index contributed by atoms with van der Waals surface area (Å²) in [7, 11) is 1.62. The number of nitrogens with zero attached hydrogens (tertiary/aromatic N) is 3. The Balaban J connectivity index is 1.35. The highest BCUT2D eigenvalue weighted by atomic mass is 19.4. The smallest absolute Gasteiger partial charge is 0.416 e. The Morgan fingerprint density at radius 2 is 1.77 bits per heavy atom. The number of fused-ring (bicyclic) bond motifs is 1. The molecule has 2 aliphatic heterocycles. The number of hydrogen-bond acceptors (Lipinski definition) is 9. The second-order valence-electron chi connectivity index (χ2n) is 13.7. The predicted molar refractivity (Wildman–Crippen MR) is 197 cm³/mol. The topological polar surface area (TPSA) is 130 Å². The summed E-state index contributed by atoms with van der Waals surface area (Å²) in [6.45, 7) is 8.34. The van der Waals surface area contributed by atoms with Crippen molar-refractivity contribution >= 4 is 28.5 Å². The monoisotopic (exact) mass is 736 g/mol. The fourth-order valence-electron chi connectivity index (χ4n) is 7.25. The molecule has 0 spiro atoms. The zero-order valence-corrected chi connectivity index (χ0v) is 30.3. The second-order valence-corrected chi connectivity index (χ2v) is 13.7. The Bertz CT molecular complexity index is 1880. The number of nitrogens with one attached hydrogen (secondary N) is 3. The summed E-state index contributed by atoms with van der Waals surface area (Å²) in [5.41, 5.74) is 1.46. The molecule has 0 saturated carbocycles. The number of halogens is 3. The van der Waals surface area contributed by atoms with Crippen molar-refractivity contribution in [3.8, 4) is 11.5 Å². The van der Waals surface area contributed by atoms with Gasteiger partial charge in [-0.15, -0.1) is 0 Å². The molecule has 2 aliphatic rings. The summed E-state index contributed by atoms with van der Waals surface area (Å²) in [4.78, 5) is 23.5. The normalized spacial score (nSPS) is 16.7. The first-order valence-electron chi connectivity index (χ1n) is 18.1. The van der Waals surface area contributed by atoms with Crippen molar-refractivity contribution in [1.82, 2.24) is 20.2 Å². The number of anilines is 2. The molecule has 53 heavy (non-hydrogen) atoms. The van der Waals surface area contributed by atoms with Gasteiger partial charge in [-0.3, -0.25) is 5.32 Å². The molecule has 2 saturated heterocycles. The average Bonchev–Trinajstić information content (AvgIpc) is 3.12. The van der Waals surface area contributed by atoms with Gasteiger partial charge in [0.15, 0.2) is 0 Å². The summed E-state index contributed by atoms with van der Waals surface area (Å²) in [6, 6.07) is 14.7. The molecular weight excluding hydrogens is 689 g/mol. The molecule has 1 atom stereocenters. The highest BCUT2D eigenvalue weighted by Gasteiger charge is 2.32. The van der Waals surface area contributed by atoms with Crippen LogP contribution in [0, 0.1) is 6.92 Å². The molecule has 284 valence electrons. The zero-order valence-electron chi connectivity index (χ0n) is 30.3. The van der Waals surface area contributed by atoms with Gasteiger partial charge in [-0.25, -0.2) is 14.8 Å². The van der Waals surface area contributed by atoms with E-state index >= 15 is 0 Å². The average molecular weight is 737 g/mol. The quantitative estimate of drug-likeness (QED) is 0.103. The van der Waals surface area contributed by atoms with Crippen molar-refractivity contribution in [2.75, 3.05) is 57.1 Å². The number of para-hydroxylation sites is 1. The molecule has 1 amide bonds. The molecule has 11 nitrogen and oxygen atoms in total. The van der Waals surface area contributed by atoms with E-state index in [1.54, 1.807) is 21.0 Å². The van der Waals surface area contributed by atoms with E-state index in [9.17, 15) is 23.1 Å². The van der Waals surface area contributed by atoms with Crippen LogP contribution >= 0.6 is 0 Å². The molecule has 2 fully saturated rings. The Kier molecular flexibility index (Phi) is 12.2. The first-order valence-corrected chi connectivity index (χ1v) is 18.1. The number of alkyl halides is 3. The van der Waals surface area contributed by atoms with Gasteiger partial charge < -0.3 is 34.9 Å². The molecule has 0 aliphatic carbocycles. The number of benzene rings is 3. The number of carboxylic acid groups (broad SMARTS) is 1. The fraction of sp³-hybridized carbons (Fsp3) is 0.462. The number of likely N-dealkylation sites (tertiary alicyclic amines) is 1. The van der Waals surface area contributed by atoms with Crippen LogP contribution in [0.5, 0.6) is 11.5 Å². The maximum atomic E-state index is 13.9. The molecule has 4 aromatic rings. The Labute approximate surface area is 307 Å². The van der Waals surface area contributed by atoms with Crippen LogP contribution in [0.1, 0.15) is 66.7 Å². The van der Waals surface area contributed by atoms with E-state index < -0.39 is 23.9 Å². The van der Waals surface area contributed by atoms with Crippen LogP contribution in [0.2, 0.25) is 0 Å². The van der Waals surface area contributed by atoms with Gasteiger partial charge in [0.25, 0.3) is 0 Å². The largest absolute Gasteiger partial charge is 0.491 e. The zero-order chi connectivity index (χ0) is 37.5. The molecule has 0 bridgehead atoms. The van der Waals surface area contributed by atoms with E-state index in [1.165, 1.54) is 18.9 Å². The van der Waals surface area contributed by atoms with E-state index in [0.717, 1.165) is 62.3 Å². The first kappa shape index (κ1) is 38.1. The van der Waals surface area contributed by atoms with Gasteiger partial charge in [0, 0.05) is 49.8 Å². The van der Waals surface area contributed by atoms with E-state index in [2.05, 4.69) is 20.9 Å². The van der Waals surface area contributed by atoms with Gasteiger partial charge in [-0.2, -0.15) is 13.2 Å². The summed E-state index contributed by atoms with van der Waals surface area (Å²) < 4.78 is 59.6. The number of amides is 1. The standard InChI is InChI=1S/C39H47F3N6O5/c1-24(27-19-29(39(40,41)42)22-30(20-27)47-38(49)50)44-37-36-28(18-26-6-4-5-7-35(26)52-17-16-51-3)21-33(23-34(36)45-25(2)46-37)53-32-10-14-48(15-11-32)31-8-12-43-13-9-31/h4-7,19-24,31-32,43,47H,8-18H2,1-3H3,(H,49,50)(H,44,45,46)/t24-/m1/s1. The third-order valence-electron chi connectivity index (χ3n) is 9.86. The fourth-order valence-corrected chi connectivity index (χ4v) is 7.25. The number of piperidine rings is 2. The van der Waals surface area contributed by atoms with Gasteiger partial charge in [-0.1, -0.05) is 18.2 Å². The minimum atomic E-state index is -4.69. The lowest BCUT2D eigenvalue weighted by atomic mass is 9.98. The molecule has 0 radical (unpaired) electrons. The third-order valence-corrected chi connectivity index (χ3v) is 9.86. The Morgan fingerprint density at radius 3 is 2.49 bits per heavy atom. The molecule has 3 aromatic carbocycles. The molecule has 6 rings (SSSR count). The van der Waals surface area contributed by atoms with Crippen LogP contribution in [0.25, 0.3) is 10.9 Å². The number of carbonyl (C=O) groups is 1. The summed E-state index contributed by atoms with van der Waals surface area (Å²) >= 11 is 0. The van der Waals surface area contributed by atoms with E-state index in [1.807, 2.05) is 36.4 Å². The Hall–Kier alpha value is -4.66.